The highest BCUT2D eigenvalue weighted by Crippen LogP contribution is 2.20. The lowest BCUT2D eigenvalue weighted by molar-refractivity contribution is -0.126. The molecule has 0 saturated carbocycles. The van der Waals surface area contributed by atoms with E-state index in [-0.39, 0.29) is 18.4 Å². The average molecular weight is 369 g/mol. The molecule has 0 bridgehead atoms. The number of hydrogen-bond acceptors (Lipinski definition) is 4. The number of hydrogen-bond donors (Lipinski definition) is 1. The van der Waals surface area contributed by atoms with Crippen LogP contribution in [-0.4, -0.2) is 63.3 Å². The second kappa shape index (κ2) is 8.64. The van der Waals surface area contributed by atoms with Crippen LogP contribution in [0.2, 0.25) is 0 Å². The Balaban J connectivity index is 1.78. The molecule has 1 heterocycles. The summed E-state index contributed by atoms with van der Waals surface area (Å²) in [6, 6.07) is 7.73. The Morgan fingerprint density at radius 1 is 1.40 bits per heavy atom. The summed E-state index contributed by atoms with van der Waals surface area (Å²) in [7, 11) is -0.466. The fourth-order valence-corrected chi connectivity index (χ4v) is 3.98. The molecule has 1 saturated heterocycles. The van der Waals surface area contributed by atoms with Crippen LogP contribution in [0.3, 0.4) is 0 Å². The van der Waals surface area contributed by atoms with Gasteiger partial charge in [-0.2, -0.15) is 17.0 Å². The summed E-state index contributed by atoms with van der Waals surface area (Å²) in [6.07, 6.45) is 1.38. The predicted octanol–water partition coefficient (Wildman–Crippen LogP) is 1.01. The zero-order chi connectivity index (χ0) is 18.4. The number of benzene rings is 1. The van der Waals surface area contributed by atoms with Crippen LogP contribution in [0.25, 0.3) is 0 Å². The fraction of sp³-hybridized carbons (Fsp3) is 0.588. The molecule has 1 amide bonds. The van der Waals surface area contributed by atoms with Crippen molar-refractivity contribution in [2.75, 3.05) is 40.3 Å². The van der Waals surface area contributed by atoms with Crippen molar-refractivity contribution < 1.29 is 17.9 Å². The summed E-state index contributed by atoms with van der Waals surface area (Å²) in [4.78, 5) is 12.3. The second-order valence-electron chi connectivity index (χ2n) is 6.44. The molecule has 0 radical (unpaired) electrons. The summed E-state index contributed by atoms with van der Waals surface area (Å²) >= 11 is 0. The summed E-state index contributed by atoms with van der Waals surface area (Å²) in [6.45, 7) is 3.45. The summed E-state index contributed by atoms with van der Waals surface area (Å²) in [5, 5.41) is 2.84. The van der Waals surface area contributed by atoms with E-state index in [0.717, 1.165) is 11.3 Å². The van der Waals surface area contributed by atoms with E-state index in [1.165, 1.54) is 22.7 Å². The summed E-state index contributed by atoms with van der Waals surface area (Å²) < 4.78 is 32.6. The molecule has 1 atom stereocenters. The van der Waals surface area contributed by atoms with Gasteiger partial charge >= 0.3 is 0 Å². The number of carbonyl (C=O) groups excluding carboxylic acids is 1. The molecule has 0 unspecified atom stereocenters. The molecular weight excluding hydrogens is 342 g/mol. The Morgan fingerprint density at radius 3 is 2.84 bits per heavy atom. The average Bonchev–Trinajstić information content (AvgIpc) is 2.58. The zero-order valence-electron chi connectivity index (χ0n) is 15.1. The topological polar surface area (TPSA) is 79.0 Å². The first-order valence-corrected chi connectivity index (χ1v) is 9.85. The van der Waals surface area contributed by atoms with Crippen LogP contribution in [0.15, 0.2) is 24.3 Å². The second-order valence-corrected chi connectivity index (χ2v) is 8.59. The third-order valence-corrected chi connectivity index (χ3v) is 6.11. The zero-order valence-corrected chi connectivity index (χ0v) is 15.9. The molecule has 1 aromatic rings. The first kappa shape index (κ1) is 19.7. The molecule has 0 spiro atoms. The van der Waals surface area contributed by atoms with Crippen LogP contribution in [0.4, 0.5) is 0 Å². The number of amides is 1. The molecule has 0 aromatic heterocycles. The Hall–Kier alpha value is -1.64. The van der Waals surface area contributed by atoms with E-state index in [2.05, 4.69) is 5.32 Å². The standard InChI is InChI=1S/C17H27N3O4S/c1-14-6-4-8-16(12-14)24-11-9-18-17(21)15-7-5-10-20(13-15)25(22,23)19(2)3/h4,6,8,12,15H,5,7,9-11,13H2,1-3H3,(H,18,21)/t15-/m1/s1. The quantitative estimate of drug-likeness (QED) is 0.728. The van der Waals surface area contributed by atoms with Gasteiger partial charge in [0, 0.05) is 27.2 Å². The van der Waals surface area contributed by atoms with E-state index in [9.17, 15) is 13.2 Å². The molecule has 1 aliphatic rings. The van der Waals surface area contributed by atoms with Crippen molar-refractivity contribution in [1.82, 2.24) is 13.9 Å². The fourth-order valence-electron chi connectivity index (χ4n) is 2.79. The van der Waals surface area contributed by atoms with Gasteiger partial charge in [0.05, 0.1) is 12.5 Å². The van der Waals surface area contributed by atoms with Crippen LogP contribution in [0, 0.1) is 12.8 Å². The Kier molecular flexibility index (Phi) is 6.80. The van der Waals surface area contributed by atoms with Crippen molar-refractivity contribution in [1.29, 1.82) is 0 Å². The van der Waals surface area contributed by atoms with Crippen LogP contribution < -0.4 is 10.1 Å². The number of nitrogens with one attached hydrogen (secondary N) is 1. The van der Waals surface area contributed by atoms with Crippen molar-refractivity contribution >= 4 is 16.1 Å². The SMILES string of the molecule is Cc1cccc(OCCNC(=O)[C@@H]2CCCN(S(=O)(=O)N(C)C)C2)c1. The lowest BCUT2D eigenvalue weighted by Gasteiger charge is -2.32. The number of piperidine rings is 1. The van der Waals surface area contributed by atoms with E-state index in [1.807, 2.05) is 31.2 Å². The third-order valence-electron chi connectivity index (χ3n) is 4.20. The van der Waals surface area contributed by atoms with Crippen molar-refractivity contribution in [2.45, 2.75) is 19.8 Å². The molecule has 1 aliphatic heterocycles. The minimum atomic E-state index is -3.47. The van der Waals surface area contributed by atoms with Gasteiger partial charge in [0.1, 0.15) is 12.4 Å². The van der Waals surface area contributed by atoms with Crippen LogP contribution in [-0.2, 0) is 15.0 Å². The Bertz CT molecular complexity index is 691. The summed E-state index contributed by atoms with van der Waals surface area (Å²) in [5.41, 5.74) is 1.12. The largest absolute Gasteiger partial charge is 0.492 e. The normalized spacial score (nSPS) is 19.0. The number of rotatable bonds is 7. The highest BCUT2D eigenvalue weighted by molar-refractivity contribution is 7.86. The highest BCUT2D eigenvalue weighted by atomic mass is 32.2. The lowest BCUT2D eigenvalue weighted by Crippen LogP contribution is -2.49. The van der Waals surface area contributed by atoms with Gasteiger partial charge in [0.2, 0.25) is 5.91 Å². The van der Waals surface area contributed by atoms with Crippen LogP contribution in [0.5, 0.6) is 5.75 Å². The molecule has 1 aromatic carbocycles. The molecule has 0 aliphatic carbocycles. The van der Waals surface area contributed by atoms with Gasteiger partial charge in [-0.25, -0.2) is 0 Å². The predicted molar refractivity (Wildman–Crippen MR) is 96.6 cm³/mol. The molecule has 140 valence electrons. The third kappa shape index (κ3) is 5.42. The summed E-state index contributed by atoms with van der Waals surface area (Å²) in [5.74, 6) is 0.337. The molecule has 2 rings (SSSR count). The number of ether oxygens (including phenoxy) is 1. The van der Waals surface area contributed by atoms with Crippen LogP contribution in [0.1, 0.15) is 18.4 Å². The maximum atomic E-state index is 12.3. The minimum absolute atomic E-state index is 0.119. The number of nitrogens with zero attached hydrogens (tertiary/aromatic N) is 2. The van der Waals surface area contributed by atoms with Crippen molar-refractivity contribution in [3.63, 3.8) is 0 Å². The van der Waals surface area contributed by atoms with E-state index in [4.69, 9.17) is 4.74 Å². The number of aryl methyl sites for hydroxylation is 1. The number of carbonyl (C=O) groups is 1. The van der Waals surface area contributed by atoms with Crippen LogP contribution >= 0.6 is 0 Å². The van der Waals surface area contributed by atoms with Crippen molar-refractivity contribution in [3.05, 3.63) is 29.8 Å². The molecular formula is C17H27N3O4S. The first-order chi connectivity index (χ1) is 11.8. The van der Waals surface area contributed by atoms with E-state index < -0.39 is 10.2 Å². The van der Waals surface area contributed by atoms with Gasteiger partial charge in [-0.1, -0.05) is 12.1 Å². The maximum absolute atomic E-state index is 12.3. The highest BCUT2D eigenvalue weighted by Gasteiger charge is 2.33. The van der Waals surface area contributed by atoms with Gasteiger partial charge < -0.3 is 10.1 Å². The molecule has 8 heteroatoms. The molecule has 7 nitrogen and oxygen atoms in total. The monoisotopic (exact) mass is 369 g/mol. The van der Waals surface area contributed by atoms with Gasteiger partial charge in [-0.15, -0.1) is 0 Å². The molecule has 1 fully saturated rings. The minimum Gasteiger partial charge on any atom is -0.492 e. The Labute approximate surface area is 150 Å². The van der Waals surface area contributed by atoms with Crippen molar-refractivity contribution in [2.24, 2.45) is 5.92 Å². The lowest BCUT2D eigenvalue weighted by atomic mass is 9.99. The smallest absolute Gasteiger partial charge is 0.281 e. The van der Waals surface area contributed by atoms with Gasteiger partial charge in [0.15, 0.2) is 0 Å². The first-order valence-electron chi connectivity index (χ1n) is 8.45. The van der Waals surface area contributed by atoms with E-state index >= 15 is 0 Å². The molecule has 25 heavy (non-hydrogen) atoms. The van der Waals surface area contributed by atoms with Gasteiger partial charge in [-0.05, 0) is 37.5 Å². The van der Waals surface area contributed by atoms with Crippen molar-refractivity contribution in [3.8, 4) is 5.75 Å². The van der Waals surface area contributed by atoms with E-state index in [0.29, 0.717) is 32.5 Å². The molecule has 1 N–H and O–H groups in total. The Morgan fingerprint density at radius 2 is 2.16 bits per heavy atom. The van der Waals surface area contributed by atoms with Gasteiger partial charge in [-0.3, -0.25) is 4.79 Å². The van der Waals surface area contributed by atoms with E-state index in [1.54, 1.807) is 0 Å². The van der Waals surface area contributed by atoms with Gasteiger partial charge in [0.25, 0.3) is 10.2 Å². The maximum Gasteiger partial charge on any atom is 0.281 e.